The topological polar surface area (TPSA) is 12.9 Å². The normalized spacial score (nSPS) is 12.6. The molecule has 0 amide bonds. The first-order valence-electron chi connectivity index (χ1n) is 6.20. The Balaban J connectivity index is 2.74. The Hall–Kier alpha value is -0.890. The molecule has 0 bridgehead atoms. The van der Waals surface area contributed by atoms with E-state index in [-0.39, 0.29) is 5.41 Å². The Labute approximate surface area is 108 Å². The van der Waals surface area contributed by atoms with Crippen molar-refractivity contribution < 1.29 is 0 Å². The third kappa shape index (κ3) is 2.37. The third-order valence-corrected chi connectivity index (χ3v) is 4.03. The predicted molar refractivity (Wildman–Crippen MR) is 77.1 cm³/mol. The summed E-state index contributed by atoms with van der Waals surface area (Å²) in [6.07, 6.45) is 0. The molecular formula is C15H21NS. The molecule has 2 aromatic rings. The molecule has 0 atom stereocenters. The molecule has 0 radical (unpaired) electrons. The zero-order valence-electron chi connectivity index (χ0n) is 11.6. The number of rotatable bonds is 1. The average Bonchev–Trinajstić information content (AvgIpc) is 2.53. The van der Waals surface area contributed by atoms with Crippen LogP contribution < -0.4 is 0 Å². The minimum absolute atomic E-state index is 0.200. The second-order valence-electron chi connectivity index (χ2n) is 6.04. The number of thiazole rings is 1. The summed E-state index contributed by atoms with van der Waals surface area (Å²) in [4.78, 5) is 4.60. The van der Waals surface area contributed by atoms with Gasteiger partial charge in [-0.2, -0.15) is 0 Å². The van der Waals surface area contributed by atoms with E-state index in [0.717, 1.165) is 10.5 Å². The summed E-state index contributed by atoms with van der Waals surface area (Å²) in [6.45, 7) is 13.5. The summed E-state index contributed by atoms with van der Waals surface area (Å²) >= 11 is 1.79. The van der Waals surface area contributed by atoms with Crippen LogP contribution in [0, 0.1) is 6.92 Å². The molecular weight excluding hydrogens is 226 g/mol. The molecule has 1 aromatic carbocycles. The van der Waals surface area contributed by atoms with E-state index in [2.05, 4.69) is 58.7 Å². The van der Waals surface area contributed by atoms with Crippen LogP contribution in [0.25, 0.3) is 10.2 Å². The summed E-state index contributed by atoms with van der Waals surface area (Å²) in [5, 5.41) is 1.15. The van der Waals surface area contributed by atoms with Crippen molar-refractivity contribution in [2.45, 2.75) is 52.9 Å². The Morgan fingerprint density at radius 3 is 2.35 bits per heavy atom. The predicted octanol–water partition coefficient (Wildman–Crippen LogP) is 5.03. The molecule has 0 aliphatic rings. The maximum atomic E-state index is 4.60. The van der Waals surface area contributed by atoms with Crippen LogP contribution in [0.1, 0.15) is 56.7 Å². The SMILES string of the molecule is Cc1nc2cc(C(C)C)c(C(C)(C)C)cc2s1. The van der Waals surface area contributed by atoms with Crippen molar-refractivity contribution >= 4 is 21.6 Å². The summed E-state index contributed by atoms with van der Waals surface area (Å²) in [6, 6.07) is 4.62. The maximum Gasteiger partial charge on any atom is 0.0907 e. The number of aryl methyl sites for hydroxylation is 1. The van der Waals surface area contributed by atoms with Gasteiger partial charge in [-0.05, 0) is 41.5 Å². The molecule has 0 fully saturated rings. The summed E-state index contributed by atoms with van der Waals surface area (Å²) in [5.41, 5.74) is 4.26. The van der Waals surface area contributed by atoms with Gasteiger partial charge in [-0.15, -0.1) is 11.3 Å². The largest absolute Gasteiger partial charge is 0.242 e. The van der Waals surface area contributed by atoms with Gasteiger partial charge in [-0.3, -0.25) is 0 Å². The standard InChI is InChI=1S/C15H21NS/c1-9(2)11-7-13-14(17-10(3)16-13)8-12(11)15(4,5)6/h7-9H,1-6H3. The van der Waals surface area contributed by atoms with Gasteiger partial charge in [0.2, 0.25) is 0 Å². The van der Waals surface area contributed by atoms with Crippen molar-refractivity contribution in [1.29, 1.82) is 0 Å². The van der Waals surface area contributed by atoms with E-state index in [4.69, 9.17) is 0 Å². The first-order chi connectivity index (χ1) is 7.79. The lowest BCUT2D eigenvalue weighted by Crippen LogP contribution is -2.14. The Morgan fingerprint density at radius 1 is 1.18 bits per heavy atom. The highest BCUT2D eigenvalue weighted by atomic mass is 32.1. The lowest BCUT2D eigenvalue weighted by Gasteiger charge is -2.24. The first kappa shape index (κ1) is 12.6. The van der Waals surface area contributed by atoms with Crippen molar-refractivity contribution in [3.63, 3.8) is 0 Å². The molecule has 0 unspecified atom stereocenters. The molecule has 92 valence electrons. The van der Waals surface area contributed by atoms with Crippen LogP contribution >= 0.6 is 11.3 Å². The maximum absolute atomic E-state index is 4.60. The second kappa shape index (κ2) is 4.09. The quantitative estimate of drug-likeness (QED) is 0.689. The fraction of sp³-hybridized carbons (Fsp3) is 0.533. The van der Waals surface area contributed by atoms with Gasteiger partial charge in [0.1, 0.15) is 0 Å². The van der Waals surface area contributed by atoms with E-state index in [9.17, 15) is 0 Å². The minimum Gasteiger partial charge on any atom is -0.242 e. The third-order valence-electron chi connectivity index (χ3n) is 3.10. The highest BCUT2D eigenvalue weighted by Crippen LogP contribution is 2.35. The highest BCUT2D eigenvalue weighted by Gasteiger charge is 2.21. The number of fused-ring (bicyclic) bond motifs is 1. The molecule has 2 heteroatoms. The van der Waals surface area contributed by atoms with Crippen LogP contribution in [0.15, 0.2) is 12.1 Å². The smallest absolute Gasteiger partial charge is 0.0907 e. The van der Waals surface area contributed by atoms with Gasteiger partial charge in [-0.1, -0.05) is 34.6 Å². The fourth-order valence-corrected chi connectivity index (χ4v) is 3.08. The fourth-order valence-electron chi connectivity index (χ4n) is 2.23. The van der Waals surface area contributed by atoms with E-state index in [0.29, 0.717) is 5.92 Å². The van der Waals surface area contributed by atoms with Crippen molar-refractivity contribution in [2.75, 3.05) is 0 Å². The molecule has 1 heterocycles. The molecule has 0 N–H and O–H groups in total. The minimum atomic E-state index is 0.200. The number of nitrogens with zero attached hydrogens (tertiary/aromatic N) is 1. The van der Waals surface area contributed by atoms with Gasteiger partial charge in [0, 0.05) is 0 Å². The Kier molecular flexibility index (Phi) is 3.03. The van der Waals surface area contributed by atoms with Gasteiger partial charge < -0.3 is 0 Å². The van der Waals surface area contributed by atoms with Crippen molar-refractivity contribution in [1.82, 2.24) is 4.98 Å². The monoisotopic (exact) mass is 247 g/mol. The molecule has 0 aliphatic heterocycles. The van der Waals surface area contributed by atoms with Crippen molar-refractivity contribution in [2.24, 2.45) is 0 Å². The van der Waals surface area contributed by atoms with E-state index in [1.54, 1.807) is 11.3 Å². The van der Waals surface area contributed by atoms with Crippen LogP contribution in [-0.2, 0) is 5.41 Å². The molecule has 17 heavy (non-hydrogen) atoms. The van der Waals surface area contributed by atoms with E-state index >= 15 is 0 Å². The molecule has 1 aromatic heterocycles. The second-order valence-corrected chi connectivity index (χ2v) is 7.28. The highest BCUT2D eigenvalue weighted by molar-refractivity contribution is 7.18. The molecule has 0 spiro atoms. The summed E-state index contributed by atoms with van der Waals surface area (Å²) in [5.74, 6) is 0.552. The molecule has 0 saturated heterocycles. The van der Waals surface area contributed by atoms with Gasteiger partial charge >= 0.3 is 0 Å². The van der Waals surface area contributed by atoms with E-state index < -0.39 is 0 Å². The zero-order chi connectivity index (χ0) is 12.8. The van der Waals surface area contributed by atoms with Crippen LogP contribution in [-0.4, -0.2) is 4.98 Å². The van der Waals surface area contributed by atoms with E-state index in [1.165, 1.54) is 15.8 Å². The Morgan fingerprint density at radius 2 is 1.82 bits per heavy atom. The van der Waals surface area contributed by atoms with Gasteiger partial charge in [0.05, 0.1) is 15.2 Å². The number of aromatic nitrogens is 1. The van der Waals surface area contributed by atoms with Crippen LogP contribution in [0.3, 0.4) is 0 Å². The lowest BCUT2D eigenvalue weighted by atomic mass is 9.80. The molecule has 0 aliphatic carbocycles. The lowest BCUT2D eigenvalue weighted by molar-refractivity contribution is 0.578. The summed E-state index contributed by atoms with van der Waals surface area (Å²) < 4.78 is 1.32. The van der Waals surface area contributed by atoms with Crippen LogP contribution in [0.4, 0.5) is 0 Å². The van der Waals surface area contributed by atoms with Gasteiger partial charge in [0.15, 0.2) is 0 Å². The van der Waals surface area contributed by atoms with E-state index in [1.807, 2.05) is 0 Å². The van der Waals surface area contributed by atoms with Crippen LogP contribution in [0.2, 0.25) is 0 Å². The number of benzene rings is 1. The summed E-state index contributed by atoms with van der Waals surface area (Å²) in [7, 11) is 0. The number of hydrogen-bond donors (Lipinski definition) is 0. The zero-order valence-corrected chi connectivity index (χ0v) is 12.4. The van der Waals surface area contributed by atoms with Gasteiger partial charge in [-0.25, -0.2) is 4.98 Å². The van der Waals surface area contributed by atoms with Crippen molar-refractivity contribution in [3.05, 3.63) is 28.3 Å². The van der Waals surface area contributed by atoms with Gasteiger partial charge in [0.25, 0.3) is 0 Å². The first-order valence-corrected chi connectivity index (χ1v) is 7.02. The van der Waals surface area contributed by atoms with Crippen molar-refractivity contribution in [3.8, 4) is 0 Å². The molecule has 2 rings (SSSR count). The Bertz CT molecular complexity index is 544. The number of hydrogen-bond acceptors (Lipinski definition) is 2. The molecule has 0 saturated carbocycles. The average molecular weight is 247 g/mol. The molecule has 1 nitrogen and oxygen atoms in total. The van der Waals surface area contributed by atoms with Crippen LogP contribution in [0.5, 0.6) is 0 Å².